The maximum atomic E-state index is 5.52. The van der Waals surface area contributed by atoms with E-state index in [-0.39, 0.29) is 0 Å². The van der Waals surface area contributed by atoms with Crippen molar-refractivity contribution in [3.63, 3.8) is 0 Å². The van der Waals surface area contributed by atoms with E-state index in [1.54, 1.807) is 6.26 Å². The van der Waals surface area contributed by atoms with Gasteiger partial charge < -0.3 is 9.32 Å². The Morgan fingerprint density at radius 3 is 2.62 bits per heavy atom. The average Bonchev–Trinajstić information content (AvgIpc) is 3.13. The zero-order valence-corrected chi connectivity index (χ0v) is 13.3. The lowest BCUT2D eigenvalue weighted by Crippen LogP contribution is -2.58. The van der Waals surface area contributed by atoms with E-state index >= 15 is 0 Å². The van der Waals surface area contributed by atoms with Crippen molar-refractivity contribution in [3.05, 3.63) is 24.2 Å². The summed E-state index contributed by atoms with van der Waals surface area (Å²) < 4.78 is 5.52. The van der Waals surface area contributed by atoms with Crippen LogP contribution >= 0.6 is 0 Å². The van der Waals surface area contributed by atoms with Crippen molar-refractivity contribution in [3.8, 4) is 0 Å². The summed E-state index contributed by atoms with van der Waals surface area (Å²) in [6, 6.07) is 4.86. The van der Waals surface area contributed by atoms with Crippen molar-refractivity contribution in [2.45, 2.75) is 51.1 Å². The van der Waals surface area contributed by atoms with Gasteiger partial charge in [0.1, 0.15) is 5.76 Å². The summed E-state index contributed by atoms with van der Waals surface area (Å²) in [6.07, 6.45) is 10.4. The standard InChI is InChI=1S/C18H28N2O/c1-19(14-16-3-2-12-21-16)17-6-7-18(17)8-10-20(11-9-18)13-15-4-5-15/h2-3,12,15,17H,4-11,13-14H2,1H3/t17-/m1/s1. The van der Waals surface area contributed by atoms with Gasteiger partial charge in [0.15, 0.2) is 0 Å². The molecule has 3 heteroatoms. The van der Waals surface area contributed by atoms with Crippen molar-refractivity contribution >= 4 is 0 Å². The zero-order valence-electron chi connectivity index (χ0n) is 13.3. The minimum atomic E-state index is 0.612. The first-order valence-corrected chi connectivity index (χ1v) is 8.70. The Balaban J connectivity index is 1.32. The van der Waals surface area contributed by atoms with Crippen LogP contribution in [0.4, 0.5) is 0 Å². The Bertz CT molecular complexity index is 458. The average molecular weight is 288 g/mol. The van der Waals surface area contributed by atoms with Crippen LogP contribution in [0, 0.1) is 11.3 Å². The maximum Gasteiger partial charge on any atom is 0.117 e. The van der Waals surface area contributed by atoms with Crippen molar-refractivity contribution in [2.24, 2.45) is 11.3 Å². The molecule has 1 atom stereocenters. The van der Waals surface area contributed by atoms with Gasteiger partial charge in [-0.1, -0.05) is 0 Å². The quantitative estimate of drug-likeness (QED) is 0.828. The number of likely N-dealkylation sites (tertiary alicyclic amines) is 1. The third-order valence-corrected chi connectivity index (χ3v) is 6.21. The lowest BCUT2D eigenvalue weighted by atomic mass is 9.58. The smallest absolute Gasteiger partial charge is 0.117 e. The van der Waals surface area contributed by atoms with Crippen LogP contribution in [0.3, 0.4) is 0 Å². The molecule has 1 aromatic rings. The molecule has 3 fully saturated rings. The van der Waals surface area contributed by atoms with Crippen molar-refractivity contribution in [1.82, 2.24) is 9.80 Å². The molecule has 116 valence electrons. The molecule has 0 amide bonds. The molecule has 0 unspecified atom stereocenters. The fraction of sp³-hybridized carbons (Fsp3) is 0.778. The van der Waals surface area contributed by atoms with Crippen LogP contribution in [0.25, 0.3) is 0 Å². The SMILES string of the molecule is CN(Cc1ccco1)[C@@H]1CCC12CCN(CC1CC1)CC2. The second kappa shape index (κ2) is 5.44. The third-order valence-electron chi connectivity index (χ3n) is 6.21. The summed E-state index contributed by atoms with van der Waals surface area (Å²) in [5, 5.41) is 0. The van der Waals surface area contributed by atoms with Gasteiger partial charge in [-0.05, 0) is 82.1 Å². The second-order valence-electron chi connectivity index (χ2n) is 7.66. The highest BCUT2D eigenvalue weighted by Gasteiger charge is 2.49. The van der Waals surface area contributed by atoms with Crippen LogP contribution in [-0.4, -0.2) is 42.5 Å². The van der Waals surface area contributed by atoms with E-state index in [1.165, 1.54) is 58.2 Å². The van der Waals surface area contributed by atoms with E-state index in [1.807, 2.05) is 6.07 Å². The summed E-state index contributed by atoms with van der Waals surface area (Å²) in [7, 11) is 2.28. The molecule has 4 rings (SSSR count). The Labute approximate surface area is 128 Å². The highest BCUT2D eigenvalue weighted by molar-refractivity contribution is 5.05. The summed E-state index contributed by atoms with van der Waals surface area (Å²) in [5.74, 6) is 2.14. The molecular weight excluding hydrogens is 260 g/mol. The molecule has 0 N–H and O–H groups in total. The lowest BCUT2D eigenvalue weighted by Gasteiger charge is -2.57. The number of hydrogen-bond donors (Lipinski definition) is 0. The Morgan fingerprint density at radius 1 is 1.24 bits per heavy atom. The number of piperidine rings is 1. The minimum Gasteiger partial charge on any atom is -0.468 e. The van der Waals surface area contributed by atoms with Crippen LogP contribution in [0.2, 0.25) is 0 Å². The molecule has 2 heterocycles. The third kappa shape index (κ3) is 2.78. The summed E-state index contributed by atoms with van der Waals surface area (Å²) >= 11 is 0. The van der Waals surface area contributed by atoms with Crippen LogP contribution < -0.4 is 0 Å². The molecule has 2 aliphatic carbocycles. The Morgan fingerprint density at radius 2 is 2.05 bits per heavy atom. The fourth-order valence-corrected chi connectivity index (χ4v) is 4.56. The molecule has 3 nitrogen and oxygen atoms in total. The topological polar surface area (TPSA) is 19.6 Å². The molecular formula is C18H28N2O. The van der Waals surface area contributed by atoms with E-state index in [0.717, 1.165) is 24.3 Å². The molecule has 1 aliphatic heterocycles. The predicted octanol–water partition coefficient (Wildman–Crippen LogP) is 3.37. The maximum absolute atomic E-state index is 5.52. The Hall–Kier alpha value is -0.800. The number of hydrogen-bond acceptors (Lipinski definition) is 3. The van der Waals surface area contributed by atoms with Gasteiger partial charge in [0.25, 0.3) is 0 Å². The molecule has 2 saturated carbocycles. The van der Waals surface area contributed by atoms with Crippen molar-refractivity contribution in [1.29, 1.82) is 0 Å². The monoisotopic (exact) mass is 288 g/mol. The normalized spacial score (nSPS) is 29.0. The first-order chi connectivity index (χ1) is 10.3. The molecule has 0 bridgehead atoms. The van der Waals surface area contributed by atoms with Crippen LogP contribution in [0.15, 0.2) is 22.8 Å². The van der Waals surface area contributed by atoms with Crippen LogP contribution in [0.1, 0.15) is 44.3 Å². The number of rotatable bonds is 5. The first-order valence-electron chi connectivity index (χ1n) is 8.70. The predicted molar refractivity (Wildman–Crippen MR) is 84.0 cm³/mol. The van der Waals surface area contributed by atoms with Gasteiger partial charge in [0.05, 0.1) is 12.8 Å². The van der Waals surface area contributed by atoms with Gasteiger partial charge in [-0.2, -0.15) is 0 Å². The van der Waals surface area contributed by atoms with Gasteiger partial charge in [0.2, 0.25) is 0 Å². The fourth-order valence-electron chi connectivity index (χ4n) is 4.56. The molecule has 3 aliphatic rings. The summed E-state index contributed by atoms with van der Waals surface area (Å²) in [5.41, 5.74) is 0.612. The number of nitrogens with zero attached hydrogens (tertiary/aromatic N) is 2. The van der Waals surface area contributed by atoms with Crippen LogP contribution in [0.5, 0.6) is 0 Å². The van der Waals surface area contributed by atoms with Gasteiger partial charge in [-0.15, -0.1) is 0 Å². The van der Waals surface area contributed by atoms with Crippen molar-refractivity contribution < 1.29 is 4.42 Å². The lowest BCUT2D eigenvalue weighted by molar-refractivity contribution is -0.0641. The molecule has 0 aromatic carbocycles. The van der Waals surface area contributed by atoms with Gasteiger partial charge >= 0.3 is 0 Å². The molecule has 0 radical (unpaired) electrons. The minimum absolute atomic E-state index is 0.612. The van der Waals surface area contributed by atoms with Gasteiger partial charge in [-0.3, -0.25) is 4.90 Å². The van der Waals surface area contributed by atoms with E-state index in [4.69, 9.17) is 4.42 Å². The van der Waals surface area contributed by atoms with E-state index < -0.39 is 0 Å². The van der Waals surface area contributed by atoms with Gasteiger partial charge in [0, 0.05) is 12.6 Å². The molecule has 21 heavy (non-hydrogen) atoms. The zero-order chi connectivity index (χ0) is 14.3. The van der Waals surface area contributed by atoms with Gasteiger partial charge in [-0.25, -0.2) is 0 Å². The number of furan rings is 1. The molecule has 1 spiro atoms. The largest absolute Gasteiger partial charge is 0.468 e. The highest BCUT2D eigenvalue weighted by atomic mass is 16.3. The molecule has 1 aromatic heterocycles. The van der Waals surface area contributed by atoms with E-state index in [9.17, 15) is 0 Å². The van der Waals surface area contributed by atoms with E-state index in [0.29, 0.717) is 5.41 Å². The molecule has 1 saturated heterocycles. The summed E-state index contributed by atoms with van der Waals surface area (Å²) in [4.78, 5) is 5.27. The first kappa shape index (κ1) is 13.8. The van der Waals surface area contributed by atoms with Crippen LogP contribution in [-0.2, 0) is 6.54 Å². The second-order valence-corrected chi connectivity index (χ2v) is 7.66. The van der Waals surface area contributed by atoms with Crippen molar-refractivity contribution in [2.75, 3.05) is 26.7 Å². The van der Waals surface area contributed by atoms with E-state index in [2.05, 4.69) is 22.9 Å². The highest BCUT2D eigenvalue weighted by Crippen LogP contribution is 2.51. The Kier molecular flexibility index (Phi) is 3.58. The summed E-state index contributed by atoms with van der Waals surface area (Å²) in [6.45, 7) is 5.01.